The monoisotopic (exact) mass is 189 g/mol. The third-order valence-electron chi connectivity index (χ3n) is 2.48. The minimum atomic E-state index is -4.25. The molecule has 0 saturated heterocycles. The highest BCUT2D eigenvalue weighted by Gasteiger charge is 2.40. The van der Waals surface area contributed by atoms with E-state index in [1.54, 1.807) is 6.08 Å². The largest absolute Gasteiger partial charge is 0.488 e. The van der Waals surface area contributed by atoms with Gasteiger partial charge in [-0.25, -0.2) is 0 Å². The van der Waals surface area contributed by atoms with E-state index < -0.39 is 6.30 Å². The highest BCUT2D eigenvalue weighted by molar-refractivity contribution is 5.26. The first-order valence-corrected chi connectivity index (χ1v) is 4.32. The molecule has 1 nitrogen and oxygen atoms in total. The normalized spacial score (nSPS) is 22.5. The molecule has 0 aromatic heterocycles. The van der Waals surface area contributed by atoms with Gasteiger partial charge in [-0.3, -0.25) is 4.90 Å². The van der Waals surface area contributed by atoms with Crippen LogP contribution in [0, 0.1) is 0 Å². The van der Waals surface area contributed by atoms with Crippen LogP contribution in [0.3, 0.4) is 0 Å². The Balaban J connectivity index is 2.28. The maximum atomic E-state index is 12.4. The fourth-order valence-electron chi connectivity index (χ4n) is 1.93. The Morgan fingerprint density at radius 2 is 2.00 bits per heavy atom. The second-order valence-electron chi connectivity index (χ2n) is 3.33. The van der Waals surface area contributed by atoms with E-state index in [9.17, 15) is 13.2 Å². The summed E-state index contributed by atoms with van der Waals surface area (Å²) in [6.45, 7) is 0. The lowest BCUT2D eigenvalue weighted by molar-refractivity contribution is -0.216. The summed E-state index contributed by atoms with van der Waals surface area (Å²) < 4.78 is 37.3. The molecular formula is C9H10F3N. The molecule has 1 aliphatic heterocycles. The van der Waals surface area contributed by atoms with Gasteiger partial charge in [-0.05, 0) is 31.3 Å². The first kappa shape index (κ1) is 8.66. The van der Waals surface area contributed by atoms with Gasteiger partial charge in [-0.2, -0.15) is 0 Å². The van der Waals surface area contributed by atoms with Crippen molar-refractivity contribution in [3.63, 3.8) is 0 Å². The van der Waals surface area contributed by atoms with Gasteiger partial charge >= 0.3 is 6.30 Å². The summed E-state index contributed by atoms with van der Waals surface area (Å²) in [6, 6.07) is 0. The molecule has 1 aliphatic carbocycles. The van der Waals surface area contributed by atoms with Gasteiger partial charge in [0.1, 0.15) is 0 Å². The van der Waals surface area contributed by atoms with Crippen molar-refractivity contribution in [1.29, 1.82) is 0 Å². The van der Waals surface area contributed by atoms with Crippen molar-refractivity contribution >= 4 is 0 Å². The molecule has 2 aliphatic rings. The van der Waals surface area contributed by atoms with E-state index >= 15 is 0 Å². The Morgan fingerprint density at radius 1 is 1.23 bits per heavy atom. The fraction of sp³-hybridized carbons (Fsp3) is 0.556. The molecular weight excluding hydrogens is 179 g/mol. The third kappa shape index (κ3) is 1.45. The SMILES string of the molecule is FC(F)(F)N1C=CCC2=C1CCC2. The van der Waals surface area contributed by atoms with E-state index in [2.05, 4.69) is 0 Å². The van der Waals surface area contributed by atoms with Crippen LogP contribution in [0.15, 0.2) is 23.5 Å². The molecule has 0 unspecified atom stereocenters. The zero-order valence-electron chi connectivity index (χ0n) is 7.06. The van der Waals surface area contributed by atoms with Crippen molar-refractivity contribution < 1.29 is 13.2 Å². The van der Waals surface area contributed by atoms with Crippen LogP contribution in [0.1, 0.15) is 25.7 Å². The van der Waals surface area contributed by atoms with Gasteiger partial charge in [0.2, 0.25) is 0 Å². The number of halogens is 3. The molecule has 0 bridgehead atoms. The topological polar surface area (TPSA) is 3.24 Å². The third-order valence-corrected chi connectivity index (χ3v) is 2.48. The molecule has 0 aromatic rings. The lowest BCUT2D eigenvalue weighted by atomic mass is 10.1. The minimum absolute atomic E-state index is 0.457. The van der Waals surface area contributed by atoms with Crippen LogP contribution in [0.2, 0.25) is 0 Å². The molecule has 0 amide bonds. The number of alkyl halides is 3. The number of hydrogen-bond acceptors (Lipinski definition) is 1. The van der Waals surface area contributed by atoms with Gasteiger partial charge < -0.3 is 0 Å². The van der Waals surface area contributed by atoms with Crippen LogP contribution >= 0.6 is 0 Å². The average Bonchev–Trinajstić information content (AvgIpc) is 2.48. The number of allylic oxidation sites excluding steroid dienone is 3. The zero-order chi connectivity index (χ0) is 9.47. The van der Waals surface area contributed by atoms with Crippen LogP contribution in [-0.4, -0.2) is 11.2 Å². The molecule has 2 rings (SSSR count). The molecule has 72 valence electrons. The summed E-state index contributed by atoms with van der Waals surface area (Å²) in [4.78, 5) is 0.457. The minimum Gasteiger partial charge on any atom is -0.264 e. The van der Waals surface area contributed by atoms with Gasteiger partial charge in [0.05, 0.1) is 0 Å². The van der Waals surface area contributed by atoms with E-state index in [0.29, 0.717) is 23.4 Å². The Hall–Kier alpha value is -0.930. The smallest absolute Gasteiger partial charge is 0.264 e. The second kappa shape index (κ2) is 2.79. The van der Waals surface area contributed by atoms with Crippen LogP contribution < -0.4 is 0 Å². The first-order valence-electron chi connectivity index (χ1n) is 4.32. The van der Waals surface area contributed by atoms with Crippen molar-refractivity contribution in [2.75, 3.05) is 0 Å². The van der Waals surface area contributed by atoms with Crippen LogP contribution in [0.5, 0.6) is 0 Å². The van der Waals surface area contributed by atoms with E-state index in [1.165, 1.54) is 0 Å². The number of rotatable bonds is 0. The van der Waals surface area contributed by atoms with Crippen LogP contribution in [0.25, 0.3) is 0 Å². The van der Waals surface area contributed by atoms with Crippen molar-refractivity contribution in [2.45, 2.75) is 32.0 Å². The highest BCUT2D eigenvalue weighted by atomic mass is 19.4. The fourth-order valence-corrected chi connectivity index (χ4v) is 1.93. The maximum absolute atomic E-state index is 12.4. The standard InChI is InChI=1S/C9H10F3N/c10-9(11,12)13-6-2-4-7-3-1-5-8(7)13/h2,6H,1,3-5H2. The summed E-state index contributed by atoms with van der Waals surface area (Å²) in [6.07, 6.45) is 1.43. The van der Waals surface area contributed by atoms with Crippen molar-refractivity contribution in [3.8, 4) is 0 Å². The van der Waals surface area contributed by atoms with Crippen molar-refractivity contribution in [1.82, 2.24) is 4.90 Å². The van der Waals surface area contributed by atoms with Gasteiger partial charge in [0.25, 0.3) is 0 Å². The number of hydrogen-bond donors (Lipinski definition) is 0. The second-order valence-corrected chi connectivity index (χ2v) is 3.33. The quantitative estimate of drug-likeness (QED) is 0.529. The molecule has 0 atom stereocenters. The summed E-state index contributed by atoms with van der Waals surface area (Å²) in [5, 5.41) is 0. The van der Waals surface area contributed by atoms with Gasteiger partial charge in [0, 0.05) is 11.9 Å². The zero-order valence-corrected chi connectivity index (χ0v) is 7.06. The molecule has 0 aromatic carbocycles. The lowest BCUT2D eigenvalue weighted by Crippen LogP contribution is -2.33. The van der Waals surface area contributed by atoms with Crippen LogP contribution in [0.4, 0.5) is 13.2 Å². The van der Waals surface area contributed by atoms with Crippen molar-refractivity contribution in [3.05, 3.63) is 23.5 Å². The highest BCUT2D eigenvalue weighted by Crippen LogP contribution is 2.39. The Labute approximate surface area is 74.5 Å². The molecule has 0 fully saturated rings. The molecule has 0 spiro atoms. The van der Waals surface area contributed by atoms with Gasteiger partial charge in [0.15, 0.2) is 0 Å². The first-order chi connectivity index (χ1) is 6.09. The van der Waals surface area contributed by atoms with E-state index in [0.717, 1.165) is 24.6 Å². The molecule has 4 heteroatoms. The summed E-state index contributed by atoms with van der Waals surface area (Å²) >= 11 is 0. The molecule has 13 heavy (non-hydrogen) atoms. The average molecular weight is 189 g/mol. The maximum Gasteiger partial charge on any atom is 0.488 e. The predicted octanol–water partition coefficient (Wildman–Crippen LogP) is 3.16. The lowest BCUT2D eigenvalue weighted by Gasteiger charge is -2.28. The predicted molar refractivity (Wildman–Crippen MR) is 42.5 cm³/mol. The molecule has 0 radical (unpaired) electrons. The molecule has 0 saturated carbocycles. The van der Waals surface area contributed by atoms with E-state index in [1.807, 2.05) is 0 Å². The van der Waals surface area contributed by atoms with Crippen LogP contribution in [-0.2, 0) is 0 Å². The molecule has 0 N–H and O–H groups in total. The number of nitrogens with zero attached hydrogens (tertiary/aromatic N) is 1. The van der Waals surface area contributed by atoms with E-state index in [4.69, 9.17) is 0 Å². The van der Waals surface area contributed by atoms with Crippen molar-refractivity contribution in [2.24, 2.45) is 0 Å². The van der Waals surface area contributed by atoms with Gasteiger partial charge in [-0.1, -0.05) is 6.08 Å². The molecule has 1 heterocycles. The summed E-state index contributed by atoms with van der Waals surface area (Å²) in [7, 11) is 0. The van der Waals surface area contributed by atoms with E-state index in [-0.39, 0.29) is 0 Å². The summed E-state index contributed by atoms with van der Waals surface area (Å²) in [5.74, 6) is 0. The Morgan fingerprint density at radius 3 is 2.69 bits per heavy atom. The van der Waals surface area contributed by atoms with Gasteiger partial charge in [-0.15, -0.1) is 13.2 Å². The Kier molecular flexibility index (Phi) is 1.86. The Bertz CT molecular complexity index is 275. The summed E-state index contributed by atoms with van der Waals surface area (Å²) in [5.41, 5.74) is 1.44.